The van der Waals surface area contributed by atoms with Gasteiger partial charge in [-0.1, -0.05) is 0 Å². The van der Waals surface area contributed by atoms with E-state index in [-0.39, 0.29) is 11.4 Å². The normalized spacial score (nSPS) is 11.0. The third-order valence-corrected chi connectivity index (χ3v) is 1.17. The predicted octanol–water partition coefficient (Wildman–Crippen LogP) is 0.124. The minimum atomic E-state index is -0.337. The summed E-state index contributed by atoms with van der Waals surface area (Å²) in [6, 6.07) is 0. The van der Waals surface area contributed by atoms with E-state index in [1.165, 1.54) is 0 Å². The van der Waals surface area contributed by atoms with Crippen molar-refractivity contribution in [2.24, 2.45) is 5.41 Å². The monoisotopic (exact) mass is 178 g/mol. The van der Waals surface area contributed by atoms with E-state index in [9.17, 15) is 4.79 Å². The van der Waals surface area contributed by atoms with Crippen LogP contribution < -0.4 is 0 Å². The molecule has 0 rings (SSSR count). The summed E-state index contributed by atoms with van der Waals surface area (Å²) in [6.45, 7) is 5.48. The van der Waals surface area contributed by atoms with Crippen molar-refractivity contribution in [3.8, 4) is 0 Å². The Labute approximate surface area is 58.5 Å². The second kappa shape index (κ2) is 2.54. The molecular formula is C5H11AsO2. The van der Waals surface area contributed by atoms with Crippen LogP contribution in [0.25, 0.3) is 0 Å². The molecule has 0 aliphatic heterocycles. The van der Waals surface area contributed by atoms with Gasteiger partial charge in [0.15, 0.2) is 0 Å². The number of carbonyl (C=O) groups excluding carboxylic acids is 1. The van der Waals surface area contributed by atoms with Crippen molar-refractivity contribution in [3.05, 3.63) is 0 Å². The van der Waals surface area contributed by atoms with Crippen LogP contribution in [0.3, 0.4) is 0 Å². The maximum atomic E-state index is 10.6. The molecule has 0 aliphatic rings. The number of hydrogen-bond donors (Lipinski definition) is 0. The van der Waals surface area contributed by atoms with Crippen molar-refractivity contribution in [3.63, 3.8) is 0 Å². The third kappa shape index (κ3) is 2.36. The minimum absolute atomic E-state index is 0.141. The van der Waals surface area contributed by atoms with Crippen molar-refractivity contribution in [1.82, 2.24) is 0 Å². The fourth-order valence-electron chi connectivity index (χ4n) is 0.177. The van der Waals surface area contributed by atoms with Gasteiger partial charge in [0.2, 0.25) is 0 Å². The average Bonchev–Trinajstić information content (AvgIpc) is 1.62. The summed E-state index contributed by atoms with van der Waals surface area (Å²) in [7, 11) is 0. The van der Waals surface area contributed by atoms with Gasteiger partial charge in [-0.2, -0.15) is 0 Å². The van der Waals surface area contributed by atoms with Crippen LogP contribution in [0.4, 0.5) is 0 Å². The summed E-state index contributed by atoms with van der Waals surface area (Å²) in [5.74, 6) is -0.141. The van der Waals surface area contributed by atoms with Gasteiger partial charge >= 0.3 is 57.9 Å². The zero-order valence-electron chi connectivity index (χ0n) is 5.39. The number of carbonyl (C=O) groups is 1. The van der Waals surface area contributed by atoms with Crippen molar-refractivity contribution in [1.29, 1.82) is 0 Å². The first-order chi connectivity index (χ1) is 3.48. The van der Waals surface area contributed by atoms with Gasteiger partial charge < -0.3 is 0 Å². The number of hydrogen-bond acceptors (Lipinski definition) is 2. The van der Waals surface area contributed by atoms with Gasteiger partial charge in [-0.05, 0) is 0 Å². The SMILES string of the molecule is CC(C)(C)C(=O)O[AsH2]. The molecule has 0 bridgehead atoms. The van der Waals surface area contributed by atoms with E-state index in [2.05, 4.69) is 3.73 Å². The van der Waals surface area contributed by atoms with E-state index in [0.717, 1.165) is 17.2 Å². The quantitative estimate of drug-likeness (QED) is 0.492. The van der Waals surface area contributed by atoms with Crippen LogP contribution in [0.1, 0.15) is 20.8 Å². The molecule has 0 fully saturated rings. The van der Waals surface area contributed by atoms with E-state index in [1.807, 2.05) is 20.8 Å². The Morgan fingerprint density at radius 1 is 1.50 bits per heavy atom. The van der Waals surface area contributed by atoms with Crippen LogP contribution in [0.2, 0.25) is 0 Å². The van der Waals surface area contributed by atoms with Gasteiger partial charge in [-0.25, -0.2) is 0 Å². The van der Waals surface area contributed by atoms with Crippen molar-refractivity contribution in [2.75, 3.05) is 0 Å². The fourth-order valence-corrected chi connectivity index (χ4v) is 0.919. The number of rotatable bonds is 0. The zero-order chi connectivity index (χ0) is 6.78. The third-order valence-electron chi connectivity index (χ3n) is 0.719. The Morgan fingerprint density at radius 2 is 1.88 bits per heavy atom. The van der Waals surface area contributed by atoms with Crippen LogP contribution >= 0.6 is 0 Å². The molecule has 2 nitrogen and oxygen atoms in total. The predicted molar refractivity (Wildman–Crippen MR) is 34.1 cm³/mol. The van der Waals surface area contributed by atoms with Crippen LogP contribution in [0, 0.1) is 5.41 Å². The van der Waals surface area contributed by atoms with E-state index in [1.54, 1.807) is 0 Å². The molecular weight excluding hydrogens is 167 g/mol. The Morgan fingerprint density at radius 3 is 1.88 bits per heavy atom. The summed E-state index contributed by atoms with van der Waals surface area (Å²) >= 11 is 0.995. The molecule has 1 unspecified atom stereocenters. The maximum absolute atomic E-state index is 10.6. The van der Waals surface area contributed by atoms with Gasteiger partial charge in [0.1, 0.15) is 0 Å². The molecule has 0 N–H and O–H groups in total. The molecule has 0 aromatic heterocycles. The van der Waals surface area contributed by atoms with Crippen molar-refractivity contribution < 1.29 is 8.52 Å². The van der Waals surface area contributed by atoms with Crippen molar-refractivity contribution >= 4 is 23.2 Å². The summed E-state index contributed by atoms with van der Waals surface area (Å²) in [5, 5.41) is 0. The Hall–Kier alpha value is 0.0284. The summed E-state index contributed by atoms with van der Waals surface area (Å²) in [6.07, 6.45) is 0. The van der Waals surface area contributed by atoms with E-state index >= 15 is 0 Å². The van der Waals surface area contributed by atoms with E-state index in [0.29, 0.717) is 0 Å². The molecule has 0 aromatic rings. The standard InChI is InChI=1S/C5H11AsO2/c1-5(2,3)4(7)8-6/h6H2,1-3H3. The second-order valence-corrected chi connectivity index (χ2v) is 3.15. The Bertz CT molecular complexity index is 93.1. The van der Waals surface area contributed by atoms with Crippen LogP contribution in [-0.2, 0) is 8.52 Å². The first kappa shape index (κ1) is 8.03. The van der Waals surface area contributed by atoms with Gasteiger partial charge in [0, 0.05) is 0 Å². The first-order valence-electron chi connectivity index (χ1n) is 2.39. The average molecular weight is 178 g/mol. The molecule has 0 saturated carbocycles. The topological polar surface area (TPSA) is 26.3 Å². The van der Waals surface area contributed by atoms with E-state index in [4.69, 9.17) is 0 Å². The van der Waals surface area contributed by atoms with Crippen LogP contribution in [0.5, 0.6) is 0 Å². The molecule has 1 atom stereocenters. The van der Waals surface area contributed by atoms with Gasteiger partial charge in [0.05, 0.1) is 0 Å². The summed E-state index contributed by atoms with van der Waals surface area (Å²) in [5.41, 5.74) is -0.337. The van der Waals surface area contributed by atoms with Gasteiger partial charge in [0.25, 0.3) is 0 Å². The first-order valence-corrected chi connectivity index (χ1v) is 3.38. The molecule has 0 amide bonds. The summed E-state index contributed by atoms with van der Waals surface area (Å²) in [4.78, 5) is 10.6. The molecule has 0 spiro atoms. The molecule has 3 heteroatoms. The summed E-state index contributed by atoms with van der Waals surface area (Å²) < 4.78 is 4.54. The zero-order valence-corrected chi connectivity index (χ0v) is 7.82. The second-order valence-electron chi connectivity index (χ2n) is 2.66. The van der Waals surface area contributed by atoms with Gasteiger partial charge in [-0.3, -0.25) is 0 Å². The molecule has 0 heterocycles. The van der Waals surface area contributed by atoms with Crippen LogP contribution in [0.15, 0.2) is 0 Å². The van der Waals surface area contributed by atoms with Gasteiger partial charge in [-0.15, -0.1) is 0 Å². The Balaban J connectivity index is 3.82. The van der Waals surface area contributed by atoms with Crippen molar-refractivity contribution in [2.45, 2.75) is 20.8 Å². The molecule has 8 heavy (non-hydrogen) atoms. The molecule has 0 radical (unpaired) electrons. The molecule has 48 valence electrons. The molecule has 0 saturated heterocycles. The fraction of sp³-hybridized carbons (Fsp3) is 0.800. The van der Waals surface area contributed by atoms with E-state index < -0.39 is 0 Å². The Kier molecular flexibility index (Phi) is 2.55. The van der Waals surface area contributed by atoms with Crippen LogP contribution in [-0.4, -0.2) is 23.2 Å². The molecule has 0 aromatic carbocycles. The molecule has 0 aliphatic carbocycles.